The number of carbonyl (C=O) groups excluding carboxylic acids is 1. The van der Waals surface area contributed by atoms with E-state index in [1.807, 2.05) is 38.1 Å². The number of urea groups is 1. The molecule has 3 N–H and O–H groups in total. The molecule has 0 aliphatic rings. The third kappa shape index (κ3) is 5.70. The van der Waals surface area contributed by atoms with Crippen molar-refractivity contribution in [2.75, 3.05) is 13.1 Å². The fourth-order valence-electron chi connectivity index (χ4n) is 2.26. The highest BCUT2D eigenvalue weighted by Crippen LogP contribution is 2.19. The number of aryl methyl sites for hydroxylation is 1. The highest BCUT2D eigenvalue weighted by Gasteiger charge is 2.08. The maximum absolute atomic E-state index is 11.6. The van der Waals surface area contributed by atoms with Gasteiger partial charge in [-0.05, 0) is 25.5 Å². The third-order valence-corrected chi connectivity index (χ3v) is 3.64. The van der Waals surface area contributed by atoms with Crippen molar-refractivity contribution >= 4 is 6.03 Å². The van der Waals surface area contributed by atoms with Crippen LogP contribution in [0.25, 0.3) is 11.5 Å². The molecule has 1 atom stereocenters. The summed E-state index contributed by atoms with van der Waals surface area (Å²) in [5, 5.41) is 15.0. The van der Waals surface area contributed by atoms with Crippen LogP contribution in [-0.2, 0) is 6.42 Å². The highest BCUT2D eigenvalue weighted by atomic mass is 16.3. The van der Waals surface area contributed by atoms with E-state index in [9.17, 15) is 9.90 Å². The van der Waals surface area contributed by atoms with E-state index in [0.29, 0.717) is 25.3 Å². The molecule has 0 spiro atoms. The summed E-state index contributed by atoms with van der Waals surface area (Å²) in [5.74, 6) is 0.581. The van der Waals surface area contributed by atoms with E-state index in [0.717, 1.165) is 17.7 Å². The van der Waals surface area contributed by atoms with Gasteiger partial charge in [0.15, 0.2) is 0 Å². The summed E-state index contributed by atoms with van der Waals surface area (Å²) in [6, 6.07) is 7.68. The Labute approximate surface area is 142 Å². The van der Waals surface area contributed by atoms with Crippen molar-refractivity contribution in [3.63, 3.8) is 0 Å². The molecule has 0 aliphatic heterocycles. The molecule has 0 aliphatic carbocycles. The standard InChI is InChI=1S/C18H25N3O3/c1-3-4-16(22)11-20-18(23)19-10-9-15-12-24-17(21-15)14-7-5-13(2)6-8-14/h5-8,12,16,22H,3-4,9-11H2,1-2H3,(H2,19,20,23). The van der Waals surface area contributed by atoms with Crippen LogP contribution in [0, 0.1) is 6.92 Å². The molecule has 0 bridgehead atoms. The first-order valence-corrected chi connectivity index (χ1v) is 8.29. The molecule has 6 heteroatoms. The lowest BCUT2D eigenvalue weighted by molar-refractivity contribution is 0.160. The molecule has 0 fully saturated rings. The molecule has 130 valence electrons. The average Bonchev–Trinajstić information content (AvgIpc) is 3.03. The fraction of sp³-hybridized carbons (Fsp3) is 0.444. The Balaban J connectivity index is 1.73. The van der Waals surface area contributed by atoms with Crippen molar-refractivity contribution in [3.05, 3.63) is 41.8 Å². The van der Waals surface area contributed by atoms with E-state index in [-0.39, 0.29) is 12.6 Å². The summed E-state index contributed by atoms with van der Waals surface area (Å²) >= 11 is 0. The van der Waals surface area contributed by atoms with Crippen molar-refractivity contribution in [1.29, 1.82) is 0 Å². The Bertz CT molecular complexity index is 637. The number of carbonyl (C=O) groups is 1. The Morgan fingerprint density at radius 3 is 2.75 bits per heavy atom. The molecular weight excluding hydrogens is 306 g/mol. The Morgan fingerprint density at radius 2 is 2.04 bits per heavy atom. The van der Waals surface area contributed by atoms with Crippen molar-refractivity contribution < 1.29 is 14.3 Å². The van der Waals surface area contributed by atoms with Gasteiger partial charge in [-0.2, -0.15) is 0 Å². The number of benzene rings is 1. The summed E-state index contributed by atoms with van der Waals surface area (Å²) in [5.41, 5.74) is 2.91. The quantitative estimate of drug-likeness (QED) is 0.694. The van der Waals surface area contributed by atoms with E-state index < -0.39 is 6.10 Å². The first-order chi connectivity index (χ1) is 11.6. The zero-order valence-corrected chi connectivity index (χ0v) is 14.2. The zero-order chi connectivity index (χ0) is 17.4. The second-order valence-corrected chi connectivity index (χ2v) is 5.84. The number of aromatic nitrogens is 1. The van der Waals surface area contributed by atoms with Crippen molar-refractivity contribution in [3.8, 4) is 11.5 Å². The van der Waals surface area contributed by atoms with Gasteiger partial charge in [-0.3, -0.25) is 0 Å². The zero-order valence-electron chi connectivity index (χ0n) is 14.2. The molecule has 1 aromatic heterocycles. The number of rotatable bonds is 8. The van der Waals surface area contributed by atoms with Gasteiger partial charge in [0.2, 0.25) is 5.89 Å². The SMILES string of the molecule is CCCC(O)CNC(=O)NCCc1coc(-c2ccc(C)cc2)n1. The van der Waals surface area contributed by atoms with Crippen LogP contribution in [0.3, 0.4) is 0 Å². The molecule has 6 nitrogen and oxygen atoms in total. The molecule has 2 amide bonds. The van der Waals surface area contributed by atoms with Gasteiger partial charge in [0.1, 0.15) is 6.26 Å². The lowest BCUT2D eigenvalue weighted by Crippen LogP contribution is -2.40. The van der Waals surface area contributed by atoms with Crippen LogP contribution in [0.2, 0.25) is 0 Å². The normalized spacial score (nSPS) is 12.0. The van der Waals surface area contributed by atoms with E-state index in [2.05, 4.69) is 15.6 Å². The predicted molar refractivity (Wildman–Crippen MR) is 92.7 cm³/mol. The van der Waals surface area contributed by atoms with Gasteiger partial charge < -0.3 is 20.2 Å². The summed E-state index contributed by atoms with van der Waals surface area (Å²) in [6.45, 7) is 4.74. The molecule has 2 aromatic rings. The lowest BCUT2D eigenvalue weighted by Gasteiger charge is -2.11. The van der Waals surface area contributed by atoms with E-state index in [1.165, 1.54) is 5.56 Å². The minimum Gasteiger partial charge on any atom is -0.444 e. The molecule has 0 saturated heterocycles. The summed E-state index contributed by atoms with van der Waals surface area (Å²) in [6.07, 6.45) is 3.27. The Kier molecular flexibility index (Phi) is 6.81. The minimum absolute atomic E-state index is 0.265. The average molecular weight is 331 g/mol. The van der Waals surface area contributed by atoms with Gasteiger partial charge in [0.25, 0.3) is 0 Å². The first kappa shape index (κ1) is 18.0. The highest BCUT2D eigenvalue weighted by molar-refractivity contribution is 5.73. The molecular formula is C18H25N3O3. The number of aliphatic hydroxyl groups excluding tert-OH is 1. The van der Waals surface area contributed by atoms with Crippen LogP contribution in [0.4, 0.5) is 4.79 Å². The van der Waals surface area contributed by atoms with Crippen LogP contribution in [0.1, 0.15) is 31.0 Å². The van der Waals surface area contributed by atoms with Crippen LogP contribution >= 0.6 is 0 Å². The number of hydrogen-bond donors (Lipinski definition) is 3. The smallest absolute Gasteiger partial charge is 0.314 e. The van der Waals surface area contributed by atoms with Gasteiger partial charge in [-0.15, -0.1) is 0 Å². The third-order valence-electron chi connectivity index (χ3n) is 3.64. The predicted octanol–water partition coefficient (Wildman–Crippen LogP) is 2.65. The molecule has 0 saturated carbocycles. The van der Waals surface area contributed by atoms with Crippen molar-refractivity contribution in [2.24, 2.45) is 0 Å². The largest absolute Gasteiger partial charge is 0.444 e. The Morgan fingerprint density at radius 1 is 1.29 bits per heavy atom. The number of aliphatic hydroxyl groups is 1. The van der Waals surface area contributed by atoms with Gasteiger partial charge in [-0.1, -0.05) is 31.0 Å². The maximum atomic E-state index is 11.6. The molecule has 1 aromatic carbocycles. The number of oxazole rings is 1. The van der Waals surface area contributed by atoms with Crippen LogP contribution < -0.4 is 10.6 Å². The van der Waals surface area contributed by atoms with Crippen LogP contribution in [-0.4, -0.2) is 35.3 Å². The summed E-state index contributed by atoms with van der Waals surface area (Å²) < 4.78 is 5.48. The monoisotopic (exact) mass is 331 g/mol. The van der Waals surface area contributed by atoms with Crippen LogP contribution in [0.15, 0.2) is 34.9 Å². The number of hydrogen-bond acceptors (Lipinski definition) is 4. The summed E-state index contributed by atoms with van der Waals surface area (Å²) in [4.78, 5) is 16.1. The van der Waals surface area contributed by atoms with Crippen LogP contribution in [0.5, 0.6) is 0 Å². The van der Waals surface area contributed by atoms with E-state index in [4.69, 9.17) is 4.42 Å². The Hall–Kier alpha value is -2.34. The maximum Gasteiger partial charge on any atom is 0.314 e. The number of amides is 2. The molecule has 2 rings (SSSR count). The van der Waals surface area contributed by atoms with Gasteiger partial charge in [-0.25, -0.2) is 9.78 Å². The first-order valence-electron chi connectivity index (χ1n) is 8.29. The summed E-state index contributed by atoms with van der Waals surface area (Å²) in [7, 11) is 0. The number of nitrogens with one attached hydrogen (secondary N) is 2. The second kappa shape index (κ2) is 9.08. The van der Waals surface area contributed by atoms with E-state index in [1.54, 1.807) is 6.26 Å². The fourth-order valence-corrected chi connectivity index (χ4v) is 2.26. The molecule has 1 heterocycles. The number of nitrogens with zero attached hydrogens (tertiary/aromatic N) is 1. The van der Waals surface area contributed by atoms with Crippen molar-refractivity contribution in [2.45, 2.75) is 39.2 Å². The topological polar surface area (TPSA) is 87.4 Å². The molecule has 1 unspecified atom stereocenters. The second-order valence-electron chi connectivity index (χ2n) is 5.84. The van der Waals surface area contributed by atoms with Gasteiger partial charge in [0.05, 0.1) is 11.8 Å². The molecule has 0 radical (unpaired) electrons. The van der Waals surface area contributed by atoms with Gasteiger partial charge in [0, 0.05) is 25.1 Å². The minimum atomic E-state index is -0.492. The lowest BCUT2D eigenvalue weighted by atomic mass is 10.1. The van der Waals surface area contributed by atoms with Gasteiger partial charge >= 0.3 is 6.03 Å². The molecule has 24 heavy (non-hydrogen) atoms. The van der Waals surface area contributed by atoms with Crippen molar-refractivity contribution in [1.82, 2.24) is 15.6 Å². The van der Waals surface area contributed by atoms with E-state index >= 15 is 0 Å².